The third-order valence-corrected chi connectivity index (χ3v) is 3.47. The van der Waals surface area contributed by atoms with Crippen LogP contribution in [0.15, 0.2) is 8.96 Å². The molecule has 0 aliphatic heterocycles. The summed E-state index contributed by atoms with van der Waals surface area (Å²) >= 11 is 5.02. The second-order valence-electron chi connectivity index (χ2n) is 2.08. The van der Waals surface area contributed by atoms with Crippen molar-refractivity contribution in [2.24, 2.45) is 0 Å². The molecule has 0 fully saturated rings. The number of hydrogen-bond donors (Lipinski definition) is 1. The maximum Gasteiger partial charge on any atom is 0.423 e. The normalized spacial score (nSPS) is 17.2. The maximum atomic E-state index is 12.0. The number of aliphatic hydroxyl groups excluding tert-OH is 1. The molecule has 0 saturated heterocycles. The number of rotatable bonds is 2. The van der Waals surface area contributed by atoms with Crippen LogP contribution in [0.2, 0.25) is 0 Å². The fourth-order valence-corrected chi connectivity index (χ4v) is 1.27. The van der Waals surface area contributed by atoms with Crippen molar-refractivity contribution in [3.63, 3.8) is 0 Å². The van der Waals surface area contributed by atoms with E-state index < -0.39 is 16.8 Å². The zero-order valence-electron chi connectivity index (χ0n) is 6.12. The lowest BCUT2D eigenvalue weighted by Gasteiger charge is -2.11. The third kappa shape index (κ3) is 3.45. The molecule has 1 atom stereocenters. The second kappa shape index (κ2) is 4.62. The van der Waals surface area contributed by atoms with Crippen molar-refractivity contribution in [2.45, 2.75) is 25.6 Å². The Bertz CT molecular complexity index is 188. The van der Waals surface area contributed by atoms with Gasteiger partial charge in [-0.3, -0.25) is 0 Å². The van der Waals surface area contributed by atoms with Crippen LogP contribution in [0.25, 0.3) is 0 Å². The summed E-state index contributed by atoms with van der Waals surface area (Å²) in [4.78, 5) is 0. The van der Waals surface area contributed by atoms with Crippen molar-refractivity contribution in [1.82, 2.24) is 0 Å². The number of allylic oxidation sites excluding steroid dienone is 1. The standard InChI is InChI=1S/C6H7Br2F3O/c1-2-3(12)4(7)5(8)6(9,10)11/h3,12H,2H2,1H3/b5-4+/t3-/m0/s1. The molecule has 0 bridgehead atoms. The predicted octanol–water partition coefficient (Wildman–Crippen LogP) is 3.32. The molecule has 0 aromatic rings. The molecule has 0 spiro atoms. The third-order valence-electron chi connectivity index (χ3n) is 1.14. The van der Waals surface area contributed by atoms with E-state index in [1.54, 1.807) is 6.92 Å². The van der Waals surface area contributed by atoms with Gasteiger partial charge in [-0.25, -0.2) is 0 Å². The first-order valence-corrected chi connectivity index (χ1v) is 4.69. The first-order chi connectivity index (χ1) is 5.30. The summed E-state index contributed by atoms with van der Waals surface area (Å²) < 4.78 is 34.6. The number of halogens is 5. The monoisotopic (exact) mass is 310 g/mol. The molecule has 0 aromatic heterocycles. The lowest BCUT2D eigenvalue weighted by molar-refractivity contribution is -0.0838. The minimum Gasteiger partial charge on any atom is -0.388 e. The van der Waals surface area contributed by atoms with E-state index in [0.717, 1.165) is 0 Å². The number of alkyl halides is 3. The van der Waals surface area contributed by atoms with E-state index >= 15 is 0 Å². The molecule has 12 heavy (non-hydrogen) atoms. The molecule has 0 saturated carbocycles. The van der Waals surface area contributed by atoms with Crippen LogP contribution in [-0.2, 0) is 0 Å². The Morgan fingerprint density at radius 1 is 1.42 bits per heavy atom. The molecule has 0 unspecified atom stereocenters. The van der Waals surface area contributed by atoms with Gasteiger partial charge in [-0.2, -0.15) is 13.2 Å². The van der Waals surface area contributed by atoms with Crippen LogP contribution in [-0.4, -0.2) is 17.4 Å². The molecule has 6 heteroatoms. The predicted molar refractivity (Wildman–Crippen MR) is 47.2 cm³/mol. The van der Waals surface area contributed by atoms with Gasteiger partial charge in [-0.05, 0) is 22.4 Å². The molecule has 0 radical (unpaired) electrons. The smallest absolute Gasteiger partial charge is 0.388 e. The van der Waals surface area contributed by atoms with Gasteiger partial charge in [0.05, 0.1) is 6.10 Å². The molecule has 0 rings (SSSR count). The van der Waals surface area contributed by atoms with Crippen LogP contribution in [0.1, 0.15) is 13.3 Å². The van der Waals surface area contributed by atoms with Crippen LogP contribution in [0.5, 0.6) is 0 Å². The number of aliphatic hydroxyl groups is 1. The minimum atomic E-state index is -4.45. The Labute approximate surface area is 84.9 Å². The van der Waals surface area contributed by atoms with Crippen molar-refractivity contribution in [3.8, 4) is 0 Å². The SMILES string of the molecule is CC[C@H](O)/C(Br)=C(\Br)C(F)(F)F. The van der Waals surface area contributed by atoms with E-state index in [1.807, 2.05) is 0 Å². The highest BCUT2D eigenvalue weighted by atomic mass is 79.9. The van der Waals surface area contributed by atoms with Gasteiger partial charge in [0, 0.05) is 4.48 Å². The van der Waals surface area contributed by atoms with Crippen LogP contribution < -0.4 is 0 Å². The Hall–Kier alpha value is 0.450. The Morgan fingerprint density at radius 2 is 1.83 bits per heavy atom. The highest BCUT2D eigenvalue weighted by Crippen LogP contribution is 2.36. The largest absolute Gasteiger partial charge is 0.423 e. The second-order valence-corrected chi connectivity index (χ2v) is 3.73. The van der Waals surface area contributed by atoms with Gasteiger partial charge in [0.2, 0.25) is 0 Å². The van der Waals surface area contributed by atoms with Crippen LogP contribution in [0.4, 0.5) is 13.2 Å². The van der Waals surface area contributed by atoms with E-state index in [1.165, 1.54) is 0 Å². The fourth-order valence-electron chi connectivity index (χ4n) is 0.461. The van der Waals surface area contributed by atoms with E-state index in [0.29, 0.717) is 0 Å². The highest BCUT2D eigenvalue weighted by Gasteiger charge is 2.35. The molecule has 0 aliphatic carbocycles. The maximum absolute atomic E-state index is 12.0. The average molecular weight is 312 g/mol. The van der Waals surface area contributed by atoms with Gasteiger partial charge < -0.3 is 5.11 Å². The molecule has 0 heterocycles. The van der Waals surface area contributed by atoms with Crippen LogP contribution in [0.3, 0.4) is 0 Å². The van der Waals surface area contributed by atoms with E-state index in [-0.39, 0.29) is 10.9 Å². The molecule has 0 aliphatic rings. The van der Waals surface area contributed by atoms with Gasteiger partial charge in [-0.15, -0.1) is 0 Å². The minimum absolute atomic E-state index is 0.228. The van der Waals surface area contributed by atoms with Gasteiger partial charge in [0.1, 0.15) is 4.48 Å². The summed E-state index contributed by atoms with van der Waals surface area (Å²) in [5.41, 5.74) is 0. The topological polar surface area (TPSA) is 20.2 Å². The van der Waals surface area contributed by atoms with Crippen molar-refractivity contribution < 1.29 is 18.3 Å². The fraction of sp³-hybridized carbons (Fsp3) is 0.667. The van der Waals surface area contributed by atoms with E-state index in [4.69, 9.17) is 5.11 Å². The van der Waals surface area contributed by atoms with E-state index in [9.17, 15) is 13.2 Å². The summed E-state index contributed by atoms with van der Waals surface area (Å²) in [6, 6.07) is 0. The zero-order valence-corrected chi connectivity index (χ0v) is 9.29. The molecular weight excluding hydrogens is 305 g/mol. The van der Waals surface area contributed by atoms with E-state index in [2.05, 4.69) is 31.9 Å². The summed E-state index contributed by atoms with van der Waals surface area (Å²) in [7, 11) is 0. The lowest BCUT2D eigenvalue weighted by atomic mass is 10.2. The Balaban J connectivity index is 4.69. The molecule has 72 valence electrons. The van der Waals surface area contributed by atoms with Gasteiger partial charge in [0.15, 0.2) is 0 Å². The number of hydrogen-bond acceptors (Lipinski definition) is 1. The van der Waals surface area contributed by atoms with Crippen LogP contribution >= 0.6 is 31.9 Å². The van der Waals surface area contributed by atoms with Crippen molar-refractivity contribution in [2.75, 3.05) is 0 Å². The molecular formula is C6H7Br2F3O. The molecule has 0 amide bonds. The molecule has 1 nitrogen and oxygen atoms in total. The average Bonchev–Trinajstić information content (AvgIpc) is 1.98. The first kappa shape index (κ1) is 12.4. The van der Waals surface area contributed by atoms with Gasteiger partial charge in [-0.1, -0.05) is 22.9 Å². The zero-order chi connectivity index (χ0) is 9.94. The van der Waals surface area contributed by atoms with Crippen molar-refractivity contribution in [3.05, 3.63) is 8.96 Å². The lowest BCUT2D eigenvalue weighted by Crippen LogP contribution is -2.14. The molecule has 0 aromatic carbocycles. The van der Waals surface area contributed by atoms with Crippen molar-refractivity contribution in [1.29, 1.82) is 0 Å². The Morgan fingerprint density at radius 3 is 2.08 bits per heavy atom. The molecule has 1 N–H and O–H groups in total. The summed E-state index contributed by atoms with van der Waals surface area (Å²) in [5, 5.41) is 9.03. The summed E-state index contributed by atoms with van der Waals surface area (Å²) in [5.74, 6) is 0. The van der Waals surface area contributed by atoms with Crippen molar-refractivity contribution >= 4 is 31.9 Å². The first-order valence-electron chi connectivity index (χ1n) is 3.11. The Kier molecular flexibility index (Phi) is 4.79. The van der Waals surface area contributed by atoms with Gasteiger partial charge >= 0.3 is 6.18 Å². The highest BCUT2D eigenvalue weighted by molar-refractivity contribution is 9.14. The quantitative estimate of drug-likeness (QED) is 0.829. The summed E-state index contributed by atoms with van der Waals surface area (Å²) in [6.07, 6.45) is -5.33. The van der Waals surface area contributed by atoms with Crippen LogP contribution in [0, 0.1) is 0 Å². The summed E-state index contributed by atoms with van der Waals surface area (Å²) in [6.45, 7) is 1.59. The van der Waals surface area contributed by atoms with Gasteiger partial charge in [0.25, 0.3) is 0 Å².